The van der Waals surface area contributed by atoms with Gasteiger partial charge in [0.2, 0.25) is 0 Å². The summed E-state index contributed by atoms with van der Waals surface area (Å²) in [5.41, 5.74) is 5.16. The topological polar surface area (TPSA) is 59.0 Å². The maximum atomic E-state index is 12.9. The van der Waals surface area contributed by atoms with Crippen LogP contribution in [0.5, 0.6) is 0 Å². The first-order valence-corrected chi connectivity index (χ1v) is 6.08. The minimum absolute atomic E-state index is 0.339. The number of benzene rings is 1. The van der Waals surface area contributed by atoms with E-state index < -0.39 is 18.3 Å². The largest absolute Gasteiger partial charge is 0.370 e. The number of halogens is 1. The molecular formula is C14H19FN2O. The molecule has 0 spiro atoms. The molecule has 4 heteroatoms. The highest BCUT2D eigenvalue weighted by molar-refractivity contribution is 5.14. The Bertz CT molecular complexity index is 391. The van der Waals surface area contributed by atoms with Crippen LogP contribution in [0.1, 0.15) is 25.3 Å². The predicted molar refractivity (Wildman–Crippen MR) is 68.4 cm³/mol. The van der Waals surface area contributed by atoms with Crippen molar-refractivity contribution in [2.24, 2.45) is 5.73 Å². The Morgan fingerprint density at radius 2 is 2.11 bits per heavy atom. The van der Waals surface area contributed by atoms with Crippen LogP contribution in [0.3, 0.4) is 0 Å². The van der Waals surface area contributed by atoms with Gasteiger partial charge in [-0.25, -0.2) is 4.39 Å². The van der Waals surface area contributed by atoms with E-state index in [-0.39, 0.29) is 0 Å². The van der Waals surface area contributed by atoms with Crippen molar-refractivity contribution >= 4 is 0 Å². The van der Waals surface area contributed by atoms with Crippen molar-refractivity contribution in [3.63, 3.8) is 0 Å². The van der Waals surface area contributed by atoms with Gasteiger partial charge in [-0.05, 0) is 12.0 Å². The van der Waals surface area contributed by atoms with Crippen LogP contribution in [0.25, 0.3) is 0 Å². The maximum absolute atomic E-state index is 12.9. The van der Waals surface area contributed by atoms with Crippen molar-refractivity contribution < 1.29 is 9.13 Å². The van der Waals surface area contributed by atoms with Crippen molar-refractivity contribution in [3.8, 4) is 6.07 Å². The van der Waals surface area contributed by atoms with E-state index in [1.807, 2.05) is 43.3 Å². The molecule has 2 atom stereocenters. The molecule has 98 valence electrons. The van der Waals surface area contributed by atoms with Crippen molar-refractivity contribution in [1.82, 2.24) is 0 Å². The van der Waals surface area contributed by atoms with E-state index in [0.717, 1.165) is 12.0 Å². The zero-order chi connectivity index (χ0) is 13.4. The number of alkyl halides is 1. The molecule has 0 amide bonds. The fraction of sp³-hybridized carbons (Fsp3) is 0.500. The third-order valence-corrected chi connectivity index (χ3v) is 2.85. The Labute approximate surface area is 107 Å². The summed E-state index contributed by atoms with van der Waals surface area (Å²) < 4.78 is 18.5. The quantitative estimate of drug-likeness (QED) is 0.809. The number of nitriles is 1. The molecule has 1 aromatic rings. The lowest BCUT2D eigenvalue weighted by molar-refractivity contribution is -0.00751. The summed E-state index contributed by atoms with van der Waals surface area (Å²) in [4.78, 5) is 0. The molecule has 0 aromatic heterocycles. The van der Waals surface area contributed by atoms with Crippen LogP contribution in [0.4, 0.5) is 4.39 Å². The molecule has 0 radical (unpaired) electrons. The summed E-state index contributed by atoms with van der Waals surface area (Å²) in [5, 5.41) is 8.98. The number of ether oxygens (including phenoxy) is 1. The molecular weight excluding hydrogens is 231 g/mol. The number of hydrogen-bond donors (Lipinski definition) is 1. The highest BCUT2D eigenvalue weighted by atomic mass is 19.1. The van der Waals surface area contributed by atoms with Crippen LogP contribution in [-0.2, 0) is 11.3 Å². The van der Waals surface area contributed by atoms with Crippen LogP contribution >= 0.6 is 0 Å². The Balaban J connectivity index is 2.67. The summed E-state index contributed by atoms with van der Waals surface area (Å²) >= 11 is 0. The first-order valence-electron chi connectivity index (χ1n) is 6.08. The van der Waals surface area contributed by atoms with E-state index in [2.05, 4.69) is 0 Å². The molecule has 0 heterocycles. The summed E-state index contributed by atoms with van der Waals surface area (Å²) in [6, 6.07) is 11.4. The van der Waals surface area contributed by atoms with Crippen molar-refractivity contribution in [2.45, 2.75) is 38.0 Å². The average Bonchev–Trinajstić information content (AvgIpc) is 2.43. The van der Waals surface area contributed by atoms with Gasteiger partial charge in [-0.15, -0.1) is 0 Å². The lowest BCUT2D eigenvalue weighted by Crippen LogP contribution is -2.52. The lowest BCUT2D eigenvalue weighted by Gasteiger charge is -2.28. The molecule has 0 bridgehead atoms. The highest BCUT2D eigenvalue weighted by Crippen LogP contribution is 2.18. The second kappa shape index (κ2) is 7.10. The lowest BCUT2D eigenvalue weighted by atomic mass is 9.93. The summed E-state index contributed by atoms with van der Waals surface area (Å²) in [5.74, 6) is 0. The number of hydrogen-bond acceptors (Lipinski definition) is 3. The van der Waals surface area contributed by atoms with Gasteiger partial charge >= 0.3 is 0 Å². The highest BCUT2D eigenvalue weighted by Gasteiger charge is 2.35. The molecule has 0 fully saturated rings. The predicted octanol–water partition coefficient (Wildman–Crippen LogP) is 2.56. The summed E-state index contributed by atoms with van der Waals surface area (Å²) in [7, 11) is 0. The van der Waals surface area contributed by atoms with Gasteiger partial charge < -0.3 is 10.5 Å². The molecule has 0 aliphatic rings. The van der Waals surface area contributed by atoms with Crippen LogP contribution in [-0.4, -0.2) is 18.3 Å². The Morgan fingerprint density at radius 3 is 2.61 bits per heavy atom. The Kier molecular flexibility index (Phi) is 5.76. The molecule has 3 nitrogen and oxygen atoms in total. The van der Waals surface area contributed by atoms with E-state index in [4.69, 9.17) is 15.7 Å². The fourth-order valence-electron chi connectivity index (χ4n) is 1.71. The zero-order valence-corrected chi connectivity index (χ0v) is 10.6. The molecule has 2 N–H and O–H groups in total. The van der Waals surface area contributed by atoms with Crippen LogP contribution in [0.2, 0.25) is 0 Å². The van der Waals surface area contributed by atoms with E-state index in [1.165, 1.54) is 0 Å². The fourth-order valence-corrected chi connectivity index (χ4v) is 1.71. The standard InChI is InChI=1S/C14H19FN2O/c1-2-6-13(14(17,10-15)11-16)18-9-12-7-4-3-5-8-12/h3-5,7-8,13H,2,6,9-10,17H2,1H3. The average molecular weight is 250 g/mol. The van der Waals surface area contributed by atoms with Crippen LogP contribution < -0.4 is 5.73 Å². The maximum Gasteiger partial charge on any atom is 0.159 e. The molecule has 1 aromatic carbocycles. The molecule has 0 aliphatic carbocycles. The van der Waals surface area contributed by atoms with Crippen molar-refractivity contribution in [1.29, 1.82) is 5.26 Å². The van der Waals surface area contributed by atoms with Gasteiger partial charge in [0.15, 0.2) is 5.54 Å². The Hall–Kier alpha value is -1.44. The molecule has 18 heavy (non-hydrogen) atoms. The van der Waals surface area contributed by atoms with E-state index >= 15 is 0 Å². The van der Waals surface area contributed by atoms with Gasteiger partial charge in [-0.1, -0.05) is 43.7 Å². The molecule has 2 unspecified atom stereocenters. The van der Waals surface area contributed by atoms with E-state index in [9.17, 15) is 4.39 Å². The first-order chi connectivity index (χ1) is 8.66. The van der Waals surface area contributed by atoms with Gasteiger partial charge in [-0.2, -0.15) is 5.26 Å². The second-order valence-electron chi connectivity index (χ2n) is 4.36. The summed E-state index contributed by atoms with van der Waals surface area (Å²) in [6.07, 6.45) is 0.777. The van der Waals surface area contributed by atoms with Crippen molar-refractivity contribution in [3.05, 3.63) is 35.9 Å². The minimum Gasteiger partial charge on any atom is -0.370 e. The smallest absolute Gasteiger partial charge is 0.159 e. The SMILES string of the molecule is CCCC(OCc1ccccc1)C(N)(C#N)CF. The molecule has 0 saturated heterocycles. The first kappa shape index (κ1) is 14.6. The minimum atomic E-state index is -1.55. The number of nitrogens with two attached hydrogens (primary N) is 1. The van der Waals surface area contributed by atoms with Gasteiger partial charge in [0, 0.05) is 0 Å². The number of nitrogens with zero attached hydrogens (tertiary/aromatic N) is 1. The normalized spacial score (nSPS) is 15.7. The summed E-state index contributed by atoms with van der Waals surface area (Å²) in [6.45, 7) is 1.39. The third kappa shape index (κ3) is 3.80. The van der Waals surface area contributed by atoms with Crippen molar-refractivity contribution in [2.75, 3.05) is 6.67 Å². The van der Waals surface area contributed by atoms with E-state index in [1.54, 1.807) is 0 Å². The van der Waals surface area contributed by atoms with Gasteiger partial charge in [0.05, 0.1) is 18.8 Å². The molecule has 0 aliphatic heterocycles. The van der Waals surface area contributed by atoms with Gasteiger partial charge in [0.1, 0.15) is 6.67 Å². The monoisotopic (exact) mass is 250 g/mol. The van der Waals surface area contributed by atoms with E-state index in [0.29, 0.717) is 13.0 Å². The number of rotatable bonds is 7. The van der Waals surface area contributed by atoms with Gasteiger partial charge in [-0.3, -0.25) is 0 Å². The van der Waals surface area contributed by atoms with Gasteiger partial charge in [0.25, 0.3) is 0 Å². The molecule has 1 rings (SSSR count). The third-order valence-electron chi connectivity index (χ3n) is 2.85. The zero-order valence-electron chi connectivity index (χ0n) is 10.6. The molecule has 0 saturated carbocycles. The van der Waals surface area contributed by atoms with Crippen LogP contribution in [0, 0.1) is 11.3 Å². The van der Waals surface area contributed by atoms with Crippen LogP contribution in [0.15, 0.2) is 30.3 Å². The Morgan fingerprint density at radius 1 is 1.44 bits per heavy atom. The second-order valence-corrected chi connectivity index (χ2v) is 4.36.